The third-order valence-corrected chi connectivity index (χ3v) is 2.15. The molecule has 4 nitrogen and oxygen atoms in total. The fraction of sp³-hybridized carbons (Fsp3) is 0.667. The minimum Gasteiger partial charge on any atom is -0.369 e. The minimum absolute atomic E-state index is 0.0197. The fourth-order valence-corrected chi connectivity index (χ4v) is 1.28. The van der Waals surface area contributed by atoms with Gasteiger partial charge in [-0.2, -0.15) is 18.2 Å². The maximum Gasteiger partial charge on any atom is 0.433 e. The lowest BCUT2D eigenvalue weighted by molar-refractivity contribution is -0.141. The van der Waals surface area contributed by atoms with Gasteiger partial charge in [0.2, 0.25) is 5.95 Å². The molecule has 0 saturated heterocycles. The summed E-state index contributed by atoms with van der Waals surface area (Å²) in [7, 11) is 0. The number of hydrogen-bond donors (Lipinski definition) is 2. The van der Waals surface area contributed by atoms with E-state index in [9.17, 15) is 13.2 Å². The van der Waals surface area contributed by atoms with Gasteiger partial charge in [-0.3, -0.25) is 0 Å². The van der Waals surface area contributed by atoms with Crippen LogP contribution in [0.3, 0.4) is 0 Å². The van der Waals surface area contributed by atoms with E-state index in [0.29, 0.717) is 13.1 Å². The molecule has 1 aromatic rings. The van der Waals surface area contributed by atoms with E-state index in [4.69, 9.17) is 0 Å². The molecular weight excluding hydrogens is 257 g/mol. The summed E-state index contributed by atoms with van der Waals surface area (Å²) >= 11 is 0. The molecule has 0 spiro atoms. The Bertz CT molecular complexity index is 424. The van der Waals surface area contributed by atoms with E-state index in [1.165, 1.54) is 0 Å². The first-order chi connectivity index (χ1) is 8.62. The van der Waals surface area contributed by atoms with Crippen LogP contribution in [-0.4, -0.2) is 23.1 Å². The van der Waals surface area contributed by atoms with Crippen molar-refractivity contribution in [2.24, 2.45) is 5.41 Å². The Labute approximate surface area is 110 Å². The van der Waals surface area contributed by atoms with Crippen molar-refractivity contribution in [3.05, 3.63) is 11.8 Å². The molecule has 0 aromatic carbocycles. The predicted octanol–water partition coefficient (Wildman–Crippen LogP) is 3.39. The Balaban J connectivity index is 3.00. The van der Waals surface area contributed by atoms with Crippen molar-refractivity contribution in [2.45, 2.75) is 33.9 Å². The molecular formula is C12H19F3N4. The summed E-state index contributed by atoms with van der Waals surface area (Å²) in [5.41, 5.74) is -1.00. The third-order valence-electron chi connectivity index (χ3n) is 2.15. The van der Waals surface area contributed by atoms with E-state index < -0.39 is 11.9 Å². The molecule has 0 fully saturated rings. The number of rotatable bonds is 4. The Kier molecular flexibility index (Phi) is 4.60. The Morgan fingerprint density at radius 1 is 1.11 bits per heavy atom. The maximum atomic E-state index is 12.7. The summed E-state index contributed by atoms with van der Waals surface area (Å²) in [5, 5.41) is 5.60. The van der Waals surface area contributed by atoms with Crippen molar-refractivity contribution in [3.8, 4) is 0 Å². The van der Waals surface area contributed by atoms with Crippen molar-refractivity contribution < 1.29 is 13.2 Å². The number of anilines is 2. The molecule has 2 N–H and O–H groups in total. The van der Waals surface area contributed by atoms with Gasteiger partial charge in [-0.25, -0.2) is 4.98 Å². The van der Waals surface area contributed by atoms with Gasteiger partial charge in [0.1, 0.15) is 5.82 Å². The van der Waals surface area contributed by atoms with Gasteiger partial charge in [-0.05, 0) is 12.3 Å². The van der Waals surface area contributed by atoms with Crippen LogP contribution in [0.5, 0.6) is 0 Å². The zero-order valence-electron chi connectivity index (χ0n) is 11.5. The highest BCUT2D eigenvalue weighted by Gasteiger charge is 2.33. The Morgan fingerprint density at radius 3 is 2.21 bits per heavy atom. The summed E-state index contributed by atoms with van der Waals surface area (Å²) in [4.78, 5) is 7.46. The molecule has 1 heterocycles. The normalized spacial score (nSPS) is 12.4. The van der Waals surface area contributed by atoms with Crippen molar-refractivity contribution in [1.82, 2.24) is 9.97 Å². The SMILES string of the molecule is CCNc1nc(NCC(C)(C)C)cc(C(F)(F)F)n1. The summed E-state index contributed by atoms with van der Waals surface area (Å²) in [6.45, 7) is 8.70. The van der Waals surface area contributed by atoms with E-state index >= 15 is 0 Å². The molecule has 1 aromatic heterocycles. The number of nitrogens with one attached hydrogen (secondary N) is 2. The molecule has 7 heteroatoms. The lowest BCUT2D eigenvalue weighted by Crippen LogP contribution is -2.21. The van der Waals surface area contributed by atoms with Crippen LogP contribution in [0.4, 0.5) is 24.9 Å². The van der Waals surface area contributed by atoms with Crippen LogP contribution in [0.2, 0.25) is 0 Å². The lowest BCUT2D eigenvalue weighted by atomic mass is 9.97. The van der Waals surface area contributed by atoms with E-state index in [1.807, 2.05) is 20.8 Å². The van der Waals surface area contributed by atoms with Gasteiger partial charge in [-0.1, -0.05) is 20.8 Å². The first-order valence-corrected chi connectivity index (χ1v) is 6.06. The van der Waals surface area contributed by atoms with Crippen molar-refractivity contribution in [3.63, 3.8) is 0 Å². The maximum absolute atomic E-state index is 12.7. The molecule has 0 radical (unpaired) electrons. The molecule has 0 aliphatic heterocycles. The molecule has 0 unspecified atom stereocenters. The largest absolute Gasteiger partial charge is 0.433 e. The van der Waals surface area contributed by atoms with Crippen molar-refractivity contribution in [2.75, 3.05) is 23.7 Å². The average Bonchev–Trinajstić information content (AvgIpc) is 2.24. The highest BCUT2D eigenvalue weighted by molar-refractivity contribution is 5.43. The molecule has 0 aliphatic rings. The highest BCUT2D eigenvalue weighted by atomic mass is 19.4. The quantitative estimate of drug-likeness (QED) is 0.885. The summed E-state index contributed by atoms with van der Waals surface area (Å²) in [6, 6.07) is 0.923. The second-order valence-corrected chi connectivity index (χ2v) is 5.40. The topological polar surface area (TPSA) is 49.8 Å². The molecule has 0 atom stereocenters. The molecule has 0 amide bonds. The van der Waals surface area contributed by atoms with Gasteiger partial charge in [0, 0.05) is 19.2 Å². The van der Waals surface area contributed by atoms with Gasteiger partial charge in [0.25, 0.3) is 0 Å². The van der Waals surface area contributed by atoms with Crippen LogP contribution in [0, 0.1) is 5.41 Å². The van der Waals surface area contributed by atoms with E-state index in [0.717, 1.165) is 6.07 Å². The number of nitrogens with zero attached hydrogens (tertiary/aromatic N) is 2. The van der Waals surface area contributed by atoms with Crippen molar-refractivity contribution in [1.29, 1.82) is 0 Å². The fourth-order valence-electron chi connectivity index (χ4n) is 1.28. The van der Waals surface area contributed by atoms with Gasteiger partial charge >= 0.3 is 6.18 Å². The zero-order chi connectivity index (χ0) is 14.7. The molecule has 0 saturated carbocycles. The predicted molar refractivity (Wildman–Crippen MR) is 69.1 cm³/mol. The van der Waals surface area contributed by atoms with Crippen LogP contribution < -0.4 is 10.6 Å². The monoisotopic (exact) mass is 276 g/mol. The lowest BCUT2D eigenvalue weighted by Gasteiger charge is -2.20. The molecule has 0 bridgehead atoms. The molecule has 19 heavy (non-hydrogen) atoms. The number of aromatic nitrogens is 2. The standard InChI is InChI=1S/C12H19F3N4/c1-5-16-10-18-8(12(13,14)15)6-9(19-10)17-7-11(2,3)4/h6H,5,7H2,1-4H3,(H2,16,17,18,19). The van der Waals surface area contributed by atoms with Gasteiger partial charge in [-0.15, -0.1) is 0 Å². The van der Waals surface area contributed by atoms with Crippen LogP contribution in [0.25, 0.3) is 0 Å². The van der Waals surface area contributed by atoms with Crippen LogP contribution in [0.1, 0.15) is 33.4 Å². The molecule has 1 rings (SSSR count). The van der Waals surface area contributed by atoms with E-state index in [-0.39, 0.29) is 17.2 Å². The van der Waals surface area contributed by atoms with Crippen molar-refractivity contribution >= 4 is 11.8 Å². The zero-order valence-corrected chi connectivity index (χ0v) is 11.5. The minimum atomic E-state index is -4.48. The smallest absolute Gasteiger partial charge is 0.369 e. The summed E-state index contributed by atoms with van der Waals surface area (Å²) in [5.74, 6) is 0.155. The number of halogens is 3. The van der Waals surface area contributed by atoms with Gasteiger partial charge < -0.3 is 10.6 Å². The van der Waals surface area contributed by atoms with E-state index in [1.54, 1.807) is 6.92 Å². The number of alkyl halides is 3. The second kappa shape index (κ2) is 5.63. The summed E-state index contributed by atoms with van der Waals surface area (Å²) < 4.78 is 38.1. The Hall–Kier alpha value is -1.53. The van der Waals surface area contributed by atoms with Crippen LogP contribution in [0.15, 0.2) is 6.07 Å². The Morgan fingerprint density at radius 2 is 1.74 bits per heavy atom. The highest BCUT2D eigenvalue weighted by Crippen LogP contribution is 2.29. The van der Waals surface area contributed by atoms with Crippen LogP contribution in [-0.2, 0) is 6.18 Å². The second-order valence-electron chi connectivity index (χ2n) is 5.40. The first kappa shape index (κ1) is 15.5. The third kappa shape index (κ3) is 5.32. The molecule has 108 valence electrons. The van der Waals surface area contributed by atoms with E-state index in [2.05, 4.69) is 20.6 Å². The van der Waals surface area contributed by atoms with Gasteiger partial charge in [0.15, 0.2) is 5.69 Å². The van der Waals surface area contributed by atoms with Gasteiger partial charge in [0.05, 0.1) is 0 Å². The number of hydrogen-bond acceptors (Lipinski definition) is 4. The van der Waals surface area contributed by atoms with Crippen LogP contribution >= 0.6 is 0 Å². The average molecular weight is 276 g/mol. The molecule has 0 aliphatic carbocycles. The summed E-state index contributed by atoms with van der Waals surface area (Å²) in [6.07, 6.45) is -4.48. The first-order valence-electron chi connectivity index (χ1n) is 6.06.